The molecule has 26 heavy (non-hydrogen) atoms. The van der Waals surface area contributed by atoms with Crippen molar-refractivity contribution in [2.75, 3.05) is 26.7 Å². The molecule has 2 unspecified atom stereocenters. The molecule has 0 radical (unpaired) electrons. The zero-order valence-corrected chi connectivity index (χ0v) is 15.9. The van der Waals surface area contributed by atoms with Crippen LogP contribution >= 0.6 is 11.6 Å². The molecule has 0 amide bonds. The molecule has 0 aliphatic heterocycles. The van der Waals surface area contributed by atoms with Crippen molar-refractivity contribution in [1.82, 2.24) is 10.6 Å². The highest BCUT2D eigenvalue weighted by Crippen LogP contribution is 2.20. The maximum atomic E-state index is 14.1. The van der Waals surface area contributed by atoms with Crippen LogP contribution in [-0.4, -0.2) is 37.9 Å². The van der Waals surface area contributed by atoms with Crippen LogP contribution in [-0.2, 0) is 6.42 Å². The number of ether oxygens (including phenoxy) is 1. The van der Waals surface area contributed by atoms with Gasteiger partial charge in [-0.05, 0) is 55.8 Å². The van der Waals surface area contributed by atoms with Crippen LogP contribution in [0.2, 0.25) is 5.02 Å². The number of likely N-dealkylation sites (N-methyl/N-ethyl adjacent to an activating group) is 1. The van der Waals surface area contributed by atoms with Gasteiger partial charge in [0.25, 0.3) is 0 Å². The summed E-state index contributed by atoms with van der Waals surface area (Å²) in [6.45, 7) is 3.48. The van der Waals surface area contributed by atoms with E-state index in [2.05, 4.69) is 10.6 Å². The van der Waals surface area contributed by atoms with E-state index in [-0.39, 0.29) is 17.6 Å². The normalized spacial score (nSPS) is 13.4. The fraction of sp³-hybridized carbons (Fsp3) is 0.400. The third-order valence-corrected chi connectivity index (χ3v) is 4.28. The van der Waals surface area contributed by atoms with Gasteiger partial charge in [0.1, 0.15) is 6.61 Å². The van der Waals surface area contributed by atoms with Crippen LogP contribution in [0.25, 0.3) is 0 Å². The summed E-state index contributed by atoms with van der Waals surface area (Å²) in [6.07, 6.45) is 0.00605. The Morgan fingerprint density at radius 1 is 1.23 bits per heavy atom. The van der Waals surface area contributed by atoms with Crippen molar-refractivity contribution in [3.8, 4) is 5.75 Å². The van der Waals surface area contributed by atoms with Gasteiger partial charge in [-0.15, -0.1) is 0 Å². The van der Waals surface area contributed by atoms with Gasteiger partial charge in [-0.3, -0.25) is 0 Å². The predicted octanol–water partition coefficient (Wildman–Crippen LogP) is 3.33. The Morgan fingerprint density at radius 3 is 2.73 bits per heavy atom. The maximum absolute atomic E-state index is 14.1. The number of hydrogen-bond acceptors (Lipinski definition) is 4. The summed E-state index contributed by atoms with van der Waals surface area (Å²) in [5.74, 6) is -0.0919. The first-order valence-electron chi connectivity index (χ1n) is 8.72. The van der Waals surface area contributed by atoms with Crippen molar-refractivity contribution in [3.63, 3.8) is 0 Å². The molecule has 6 heteroatoms. The van der Waals surface area contributed by atoms with Crippen LogP contribution in [0.1, 0.15) is 24.2 Å². The third kappa shape index (κ3) is 6.57. The van der Waals surface area contributed by atoms with Crippen molar-refractivity contribution < 1.29 is 14.2 Å². The molecule has 0 aromatic heterocycles. The second-order valence-corrected chi connectivity index (χ2v) is 6.74. The van der Waals surface area contributed by atoms with Crippen molar-refractivity contribution in [1.29, 1.82) is 0 Å². The molecule has 4 nitrogen and oxygen atoms in total. The first-order valence-corrected chi connectivity index (χ1v) is 9.10. The van der Waals surface area contributed by atoms with E-state index >= 15 is 0 Å². The lowest BCUT2D eigenvalue weighted by Crippen LogP contribution is -2.32. The molecule has 2 rings (SSSR count). The molecule has 2 atom stereocenters. The monoisotopic (exact) mass is 380 g/mol. The van der Waals surface area contributed by atoms with Crippen LogP contribution < -0.4 is 15.4 Å². The molecule has 0 aliphatic rings. The third-order valence-electron chi connectivity index (χ3n) is 4.04. The van der Waals surface area contributed by atoms with Crippen molar-refractivity contribution in [3.05, 3.63) is 64.4 Å². The molecule has 0 saturated carbocycles. The summed E-state index contributed by atoms with van der Waals surface area (Å²) in [7, 11) is 1.82. The number of nitrogens with one attached hydrogen (secondary N) is 2. The second kappa shape index (κ2) is 10.5. The number of aliphatic hydroxyl groups excluding tert-OH is 1. The smallest absolute Gasteiger partial charge is 0.165 e. The Labute approximate surface area is 159 Å². The molecule has 0 aliphatic carbocycles. The predicted molar refractivity (Wildman–Crippen MR) is 103 cm³/mol. The lowest BCUT2D eigenvalue weighted by molar-refractivity contribution is 0.170. The number of hydrogen-bond donors (Lipinski definition) is 3. The summed E-state index contributed by atoms with van der Waals surface area (Å²) >= 11 is 5.95. The summed E-state index contributed by atoms with van der Waals surface area (Å²) in [6, 6.07) is 12.3. The average molecular weight is 381 g/mol. The van der Waals surface area contributed by atoms with Gasteiger partial charge in [-0.1, -0.05) is 29.8 Å². The lowest BCUT2D eigenvalue weighted by atomic mass is 10.1. The molecule has 2 aromatic carbocycles. The quantitative estimate of drug-likeness (QED) is 0.553. The fourth-order valence-electron chi connectivity index (χ4n) is 2.62. The highest BCUT2D eigenvalue weighted by Gasteiger charge is 2.12. The van der Waals surface area contributed by atoms with Crippen LogP contribution in [0.4, 0.5) is 4.39 Å². The highest BCUT2D eigenvalue weighted by atomic mass is 35.5. The molecular formula is C20H26ClFN2O2. The molecule has 0 spiro atoms. The van der Waals surface area contributed by atoms with E-state index in [1.165, 1.54) is 6.07 Å². The van der Waals surface area contributed by atoms with Crippen molar-refractivity contribution in [2.45, 2.75) is 25.5 Å². The minimum Gasteiger partial charge on any atom is -0.489 e. The Hall–Kier alpha value is -1.66. The molecule has 3 N–H and O–H groups in total. The van der Waals surface area contributed by atoms with Crippen LogP contribution in [0, 0.1) is 5.82 Å². The van der Waals surface area contributed by atoms with E-state index < -0.39 is 6.10 Å². The summed E-state index contributed by atoms with van der Waals surface area (Å²) < 4.78 is 19.5. The SMILES string of the molecule is CNCCOc1ccc(CC(C)NCC(O)c2cccc(Cl)c2)cc1F. The van der Waals surface area contributed by atoms with Crippen molar-refractivity contribution in [2.24, 2.45) is 0 Å². The number of aliphatic hydroxyl groups is 1. The molecule has 142 valence electrons. The number of benzene rings is 2. The first kappa shape index (κ1) is 20.6. The van der Waals surface area contributed by atoms with Crippen molar-refractivity contribution >= 4 is 11.6 Å². The van der Waals surface area contributed by atoms with Gasteiger partial charge >= 0.3 is 0 Å². The van der Waals surface area contributed by atoms with Gasteiger partial charge in [0.15, 0.2) is 11.6 Å². The van der Waals surface area contributed by atoms with E-state index in [1.807, 2.05) is 32.2 Å². The Bertz CT molecular complexity index is 699. The van der Waals surface area contributed by atoms with E-state index in [0.717, 1.165) is 11.1 Å². The highest BCUT2D eigenvalue weighted by molar-refractivity contribution is 6.30. The van der Waals surface area contributed by atoms with E-state index in [4.69, 9.17) is 16.3 Å². The van der Waals surface area contributed by atoms with Crippen LogP contribution in [0.5, 0.6) is 5.75 Å². The van der Waals surface area contributed by atoms with Gasteiger partial charge < -0.3 is 20.5 Å². The molecular weight excluding hydrogens is 355 g/mol. The summed E-state index contributed by atoms with van der Waals surface area (Å²) in [5, 5.41) is 17.1. The molecule has 2 aromatic rings. The van der Waals surface area contributed by atoms with Gasteiger partial charge in [0.05, 0.1) is 6.10 Å². The van der Waals surface area contributed by atoms with Crippen LogP contribution in [0.15, 0.2) is 42.5 Å². The number of rotatable bonds is 10. The largest absolute Gasteiger partial charge is 0.489 e. The number of halogens is 2. The minimum absolute atomic E-state index is 0.0827. The average Bonchev–Trinajstić information content (AvgIpc) is 2.61. The topological polar surface area (TPSA) is 53.5 Å². The molecule has 0 saturated heterocycles. The first-order chi connectivity index (χ1) is 12.5. The molecule has 0 fully saturated rings. The van der Waals surface area contributed by atoms with Gasteiger partial charge in [0, 0.05) is 24.2 Å². The molecule has 0 heterocycles. The zero-order chi connectivity index (χ0) is 18.9. The standard InChI is InChI=1S/C20H26ClFN2O2/c1-14(24-13-19(25)16-4-3-5-17(21)12-16)10-15-6-7-20(18(22)11-15)26-9-8-23-2/h3-7,11-12,14,19,23-25H,8-10,13H2,1-2H3. The van der Waals surface area contributed by atoms with Gasteiger partial charge in [0.2, 0.25) is 0 Å². The Balaban J connectivity index is 1.83. The summed E-state index contributed by atoms with van der Waals surface area (Å²) in [4.78, 5) is 0. The second-order valence-electron chi connectivity index (χ2n) is 6.30. The van der Waals surface area contributed by atoms with E-state index in [1.54, 1.807) is 18.2 Å². The van der Waals surface area contributed by atoms with Crippen LogP contribution in [0.3, 0.4) is 0 Å². The maximum Gasteiger partial charge on any atom is 0.165 e. The Morgan fingerprint density at radius 2 is 2.04 bits per heavy atom. The molecule has 0 bridgehead atoms. The lowest BCUT2D eigenvalue weighted by Gasteiger charge is -2.18. The minimum atomic E-state index is -0.643. The van der Waals surface area contributed by atoms with Gasteiger partial charge in [-0.2, -0.15) is 0 Å². The fourth-order valence-corrected chi connectivity index (χ4v) is 2.82. The Kier molecular flexibility index (Phi) is 8.32. The van der Waals surface area contributed by atoms with E-state index in [0.29, 0.717) is 31.1 Å². The summed E-state index contributed by atoms with van der Waals surface area (Å²) in [5.41, 5.74) is 1.65. The van der Waals surface area contributed by atoms with Gasteiger partial charge in [-0.25, -0.2) is 4.39 Å². The zero-order valence-electron chi connectivity index (χ0n) is 15.1. The van der Waals surface area contributed by atoms with E-state index in [9.17, 15) is 9.50 Å².